The van der Waals surface area contributed by atoms with E-state index in [1.54, 1.807) is 25.1 Å². The second-order valence-corrected chi connectivity index (χ2v) is 4.97. The third-order valence-electron chi connectivity index (χ3n) is 2.76. The van der Waals surface area contributed by atoms with E-state index in [-0.39, 0.29) is 12.4 Å². The normalized spacial score (nSPS) is 11.9. The van der Waals surface area contributed by atoms with Crippen LogP contribution in [-0.2, 0) is 20.7 Å². The monoisotopic (exact) mass is 298 g/mol. The Hall–Kier alpha value is -1.53. The molecule has 0 saturated carbocycles. The van der Waals surface area contributed by atoms with Gasteiger partial charge in [0.1, 0.15) is 0 Å². The maximum atomic E-state index is 11.3. The highest BCUT2D eigenvalue weighted by Gasteiger charge is 2.17. The van der Waals surface area contributed by atoms with E-state index in [1.165, 1.54) is 11.8 Å². The van der Waals surface area contributed by atoms with E-state index in [0.29, 0.717) is 18.6 Å². The van der Waals surface area contributed by atoms with Gasteiger partial charge in [0.05, 0.1) is 6.61 Å². The maximum Gasteiger partial charge on any atom is 0.337 e. The van der Waals surface area contributed by atoms with Crippen molar-refractivity contribution in [2.24, 2.45) is 0 Å². The van der Waals surface area contributed by atoms with Crippen LogP contribution in [0.3, 0.4) is 0 Å². The molecule has 1 aromatic rings. The standard InChI is InChI=1S/C14H18O5S/c1-3-19-12(15)7-6-9-4-5-10(8-11(9)20-2)13(16)14(17)18/h4-5,8,13,16H,3,6-7H2,1-2H3,(H,17,18). The minimum atomic E-state index is -1.53. The van der Waals surface area contributed by atoms with Crippen molar-refractivity contribution in [1.29, 1.82) is 0 Å². The molecule has 0 amide bonds. The Bertz CT molecular complexity index is 486. The third-order valence-corrected chi connectivity index (χ3v) is 3.58. The Balaban J connectivity index is 2.83. The number of aryl methyl sites for hydroxylation is 1. The zero-order valence-corrected chi connectivity index (χ0v) is 12.3. The van der Waals surface area contributed by atoms with Crippen molar-refractivity contribution in [3.8, 4) is 0 Å². The van der Waals surface area contributed by atoms with Crippen molar-refractivity contribution in [2.75, 3.05) is 12.9 Å². The van der Waals surface area contributed by atoms with Crippen LogP contribution in [-0.4, -0.2) is 35.0 Å². The molecule has 1 unspecified atom stereocenters. The molecule has 1 rings (SSSR count). The molecule has 0 bridgehead atoms. The molecule has 0 heterocycles. The highest BCUT2D eigenvalue weighted by molar-refractivity contribution is 7.98. The summed E-state index contributed by atoms with van der Waals surface area (Å²) in [6.45, 7) is 2.12. The minimum absolute atomic E-state index is 0.255. The zero-order valence-electron chi connectivity index (χ0n) is 11.5. The molecule has 6 heteroatoms. The van der Waals surface area contributed by atoms with Gasteiger partial charge in [-0.2, -0.15) is 0 Å². The van der Waals surface area contributed by atoms with Crippen LogP contribution in [0.15, 0.2) is 23.1 Å². The van der Waals surface area contributed by atoms with Gasteiger partial charge in [0, 0.05) is 11.3 Å². The highest BCUT2D eigenvalue weighted by atomic mass is 32.2. The molecule has 0 radical (unpaired) electrons. The van der Waals surface area contributed by atoms with Crippen LogP contribution in [0.4, 0.5) is 0 Å². The first-order chi connectivity index (χ1) is 9.49. The fourth-order valence-electron chi connectivity index (χ4n) is 1.75. The molecule has 0 spiro atoms. The van der Waals surface area contributed by atoms with Crippen LogP contribution in [0.5, 0.6) is 0 Å². The van der Waals surface area contributed by atoms with Crippen molar-refractivity contribution in [1.82, 2.24) is 0 Å². The molecular formula is C14H18O5S. The first-order valence-corrected chi connectivity index (χ1v) is 7.45. The number of esters is 1. The predicted molar refractivity (Wildman–Crippen MR) is 75.8 cm³/mol. The number of hydrogen-bond donors (Lipinski definition) is 2. The van der Waals surface area contributed by atoms with Crippen molar-refractivity contribution in [3.63, 3.8) is 0 Å². The van der Waals surface area contributed by atoms with Gasteiger partial charge in [-0.05, 0) is 36.8 Å². The van der Waals surface area contributed by atoms with Crippen molar-refractivity contribution < 1.29 is 24.5 Å². The summed E-state index contributed by atoms with van der Waals surface area (Å²) in [4.78, 5) is 22.9. The molecule has 0 aliphatic carbocycles. The number of ether oxygens (including phenoxy) is 1. The molecule has 110 valence electrons. The van der Waals surface area contributed by atoms with Crippen molar-refractivity contribution >= 4 is 23.7 Å². The molecule has 20 heavy (non-hydrogen) atoms. The van der Waals surface area contributed by atoms with Gasteiger partial charge in [-0.25, -0.2) is 4.79 Å². The van der Waals surface area contributed by atoms with E-state index < -0.39 is 12.1 Å². The largest absolute Gasteiger partial charge is 0.479 e. The number of benzene rings is 1. The SMILES string of the molecule is CCOC(=O)CCc1ccc(C(O)C(=O)O)cc1SC. The van der Waals surface area contributed by atoms with Gasteiger partial charge in [-0.3, -0.25) is 4.79 Å². The van der Waals surface area contributed by atoms with Gasteiger partial charge in [0.25, 0.3) is 0 Å². The molecule has 1 aromatic carbocycles. The number of aliphatic hydroxyl groups excluding tert-OH is 1. The van der Waals surface area contributed by atoms with Crippen molar-refractivity contribution in [2.45, 2.75) is 30.8 Å². The quantitative estimate of drug-likeness (QED) is 0.592. The fourth-order valence-corrected chi connectivity index (χ4v) is 2.44. The van der Waals surface area contributed by atoms with E-state index in [0.717, 1.165) is 10.5 Å². The number of rotatable bonds is 7. The van der Waals surface area contributed by atoms with Gasteiger partial charge in [0.2, 0.25) is 0 Å². The summed E-state index contributed by atoms with van der Waals surface area (Å²) in [5.74, 6) is -1.54. The maximum absolute atomic E-state index is 11.3. The lowest BCUT2D eigenvalue weighted by atomic mass is 10.0. The number of carboxylic acid groups (broad SMARTS) is 1. The summed E-state index contributed by atoms with van der Waals surface area (Å²) in [6.07, 6.45) is 1.14. The van der Waals surface area contributed by atoms with E-state index >= 15 is 0 Å². The van der Waals surface area contributed by atoms with Crippen LogP contribution in [0.1, 0.15) is 30.6 Å². The van der Waals surface area contributed by atoms with Gasteiger partial charge in [-0.15, -0.1) is 11.8 Å². The second kappa shape index (κ2) is 7.91. The van der Waals surface area contributed by atoms with Gasteiger partial charge < -0.3 is 14.9 Å². The Morgan fingerprint density at radius 1 is 1.40 bits per heavy atom. The predicted octanol–water partition coefficient (Wildman–Crippen LogP) is 2.02. The summed E-state index contributed by atoms with van der Waals surface area (Å²) in [6, 6.07) is 4.95. The van der Waals surface area contributed by atoms with Crippen LogP contribution in [0, 0.1) is 0 Å². The lowest BCUT2D eigenvalue weighted by Gasteiger charge is -2.11. The molecule has 1 atom stereocenters. The number of carbonyl (C=O) groups is 2. The van der Waals surface area contributed by atoms with Crippen LogP contribution < -0.4 is 0 Å². The lowest BCUT2D eigenvalue weighted by molar-refractivity contribution is -0.147. The number of aliphatic carboxylic acids is 1. The number of thioether (sulfide) groups is 1. The summed E-state index contributed by atoms with van der Waals surface area (Å²) in [5.41, 5.74) is 1.27. The van der Waals surface area contributed by atoms with E-state index in [4.69, 9.17) is 9.84 Å². The first kappa shape index (κ1) is 16.5. The summed E-state index contributed by atoms with van der Waals surface area (Å²) in [5, 5.41) is 18.3. The van der Waals surface area contributed by atoms with Gasteiger partial charge >= 0.3 is 11.9 Å². The van der Waals surface area contributed by atoms with E-state index in [9.17, 15) is 14.7 Å². The van der Waals surface area contributed by atoms with E-state index in [2.05, 4.69) is 0 Å². The van der Waals surface area contributed by atoms with Crippen LogP contribution >= 0.6 is 11.8 Å². The highest BCUT2D eigenvalue weighted by Crippen LogP contribution is 2.26. The Kier molecular flexibility index (Phi) is 6.54. The number of hydrogen-bond acceptors (Lipinski definition) is 5. The van der Waals surface area contributed by atoms with E-state index in [1.807, 2.05) is 6.26 Å². The Morgan fingerprint density at radius 3 is 2.65 bits per heavy atom. The smallest absolute Gasteiger partial charge is 0.337 e. The average molecular weight is 298 g/mol. The summed E-state index contributed by atoms with van der Waals surface area (Å²) >= 11 is 1.45. The summed E-state index contributed by atoms with van der Waals surface area (Å²) < 4.78 is 4.87. The first-order valence-electron chi connectivity index (χ1n) is 6.22. The number of aliphatic hydroxyl groups is 1. The fraction of sp³-hybridized carbons (Fsp3) is 0.429. The number of carbonyl (C=O) groups excluding carboxylic acids is 1. The lowest BCUT2D eigenvalue weighted by Crippen LogP contribution is -2.11. The van der Waals surface area contributed by atoms with Crippen molar-refractivity contribution in [3.05, 3.63) is 29.3 Å². The minimum Gasteiger partial charge on any atom is -0.479 e. The zero-order chi connectivity index (χ0) is 15.1. The van der Waals surface area contributed by atoms with Crippen LogP contribution in [0.25, 0.3) is 0 Å². The molecule has 0 fully saturated rings. The molecule has 0 aliphatic rings. The molecule has 0 saturated heterocycles. The summed E-state index contributed by atoms with van der Waals surface area (Å²) in [7, 11) is 0. The third kappa shape index (κ3) is 4.54. The molecular weight excluding hydrogens is 280 g/mol. The Morgan fingerprint density at radius 2 is 2.10 bits per heavy atom. The topological polar surface area (TPSA) is 83.8 Å². The second-order valence-electron chi connectivity index (χ2n) is 4.12. The Labute approximate surface area is 121 Å². The molecule has 2 N–H and O–H groups in total. The average Bonchev–Trinajstić information content (AvgIpc) is 2.44. The molecule has 0 aliphatic heterocycles. The van der Waals surface area contributed by atoms with Gasteiger partial charge in [-0.1, -0.05) is 12.1 Å². The molecule has 5 nitrogen and oxygen atoms in total. The van der Waals surface area contributed by atoms with Crippen LogP contribution in [0.2, 0.25) is 0 Å². The van der Waals surface area contributed by atoms with Gasteiger partial charge in [0.15, 0.2) is 6.10 Å². The molecule has 0 aromatic heterocycles. The number of carboxylic acids is 1.